The van der Waals surface area contributed by atoms with E-state index in [1.54, 1.807) is 45.0 Å². The van der Waals surface area contributed by atoms with E-state index in [1.807, 2.05) is 12.1 Å². The summed E-state index contributed by atoms with van der Waals surface area (Å²) in [7, 11) is -1.91. The number of amides is 2. The van der Waals surface area contributed by atoms with Crippen LogP contribution in [0.3, 0.4) is 0 Å². The maximum absolute atomic E-state index is 12.9. The minimum atomic E-state index is -1.91. The normalized spacial score (nSPS) is 13.5. The Kier molecular flexibility index (Phi) is 9.69. The number of nitrogens with one attached hydrogen (secondary N) is 1. The van der Waals surface area contributed by atoms with Gasteiger partial charge in [-0.2, -0.15) is 0 Å². The number of nitrogens with zero attached hydrogens (tertiary/aromatic N) is 2. The number of carbonyl (C=O) groups is 2. The summed E-state index contributed by atoms with van der Waals surface area (Å²) in [6.45, 7) is 19.4. The van der Waals surface area contributed by atoms with Gasteiger partial charge < -0.3 is 19.4 Å². The summed E-state index contributed by atoms with van der Waals surface area (Å²) in [4.78, 5) is 31.0. The number of esters is 1. The Balaban J connectivity index is 2.78. The maximum Gasteiger partial charge on any atom is 0.328 e. The molecule has 1 N–H and O–H groups in total. The number of pyridine rings is 1. The van der Waals surface area contributed by atoms with Crippen LogP contribution in [0.15, 0.2) is 24.5 Å². The van der Waals surface area contributed by atoms with E-state index < -0.39 is 25.9 Å². The van der Waals surface area contributed by atoms with Crippen molar-refractivity contribution in [1.82, 2.24) is 15.2 Å². The van der Waals surface area contributed by atoms with Crippen LogP contribution in [0.1, 0.15) is 54.0 Å². The first kappa shape index (κ1) is 27.1. The quantitative estimate of drug-likeness (QED) is 0.445. The molecule has 0 aliphatic rings. The topological polar surface area (TPSA) is 80.8 Å². The third-order valence-electron chi connectivity index (χ3n) is 5.44. The monoisotopic (exact) mass is 451 g/mol. The highest BCUT2D eigenvalue weighted by atomic mass is 28.4. The molecular formula is C23H41N3O4Si. The van der Waals surface area contributed by atoms with Crippen LogP contribution in [0.5, 0.6) is 0 Å². The number of hydrogen-bond acceptors (Lipinski definition) is 5. The molecule has 176 valence electrons. The summed E-state index contributed by atoms with van der Waals surface area (Å²) in [6.07, 6.45) is 4.17. The highest BCUT2D eigenvalue weighted by molar-refractivity contribution is 6.74. The van der Waals surface area contributed by atoms with Gasteiger partial charge in [-0.15, -0.1) is 0 Å². The highest BCUT2D eigenvalue weighted by Crippen LogP contribution is 2.36. The molecule has 8 heteroatoms. The Morgan fingerprint density at radius 1 is 1.10 bits per heavy atom. The van der Waals surface area contributed by atoms with E-state index in [1.165, 1.54) is 0 Å². The fourth-order valence-corrected chi connectivity index (χ4v) is 3.52. The highest BCUT2D eigenvalue weighted by Gasteiger charge is 2.37. The Morgan fingerprint density at radius 2 is 1.68 bits per heavy atom. The Morgan fingerprint density at radius 3 is 2.19 bits per heavy atom. The molecule has 31 heavy (non-hydrogen) atoms. The molecule has 0 radical (unpaired) electrons. The Bertz CT molecular complexity index is 712. The molecule has 1 unspecified atom stereocenters. The lowest BCUT2D eigenvalue weighted by atomic mass is 10.2. The summed E-state index contributed by atoms with van der Waals surface area (Å²) in [5, 5.41) is 2.87. The molecule has 0 saturated heterocycles. The van der Waals surface area contributed by atoms with Crippen LogP contribution in [-0.4, -0.2) is 61.5 Å². The predicted octanol–water partition coefficient (Wildman–Crippen LogP) is 4.39. The molecule has 2 amide bonds. The van der Waals surface area contributed by atoms with Gasteiger partial charge in [0.2, 0.25) is 0 Å². The number of aromatic nitrogens is 1. The molecule has 0 saturated carbocycles. The average Bonchev–Trinajstić information content (AvgIpc) is 2.62. The molecule has 1 rings (SSSR count). The largest absolute Gasteiger partial charge is 0.458 e. The van der Waals surface area contributed by atoms with Crippen molar-refractivity contribution >= 4 is 20.3 Å². The van der Waals surface area contributed by atoms with Crippen molar-refractivity contribution < 1.29 is 18.8 Å². The summed E-state index contributed by atoms with van der Waals surface area (Å²) >= 11 is 0. The second-order valence-corrected chi connectivity index (χ2v) is 15.2. The van der Waals surface area contributed by atoms with Crippen LogP contribution in [0, 0.1) is 0 Å². The minimum Gasteiger partial charge on any atom is -0.458 e. The molecule has 1 aromatic heterocycles. The third kappa shape index (κ3) is 9.82. The zero-order valence-corrected chi connectivity index (χ0v) is 21.7. The molecule has 0 fully saturated rings. The zero-order valence-electron chi connectivity index (χ0n) is 20.7. The second-order valence-electron chi connectivity index (χ2n) is 10.4. The van der Waals surface area contributed by atoms with E-state index in [-0.39, 0.29) is 11.1 Å². The minimum absolute atomic E-state index is 0.0996. The van der Waals surface area contributed by atoms with Crippen LogP contribution in [0.25, 0.3) is 0 Å². The molecule has 0 aromatic carbocycles. The van der Waals surface area contributed by atoms with Gasteiger partial charge in [0.25, 0.3) is 0 Å². The number of hydrogen-bond donors (Lipinski definition) is 1. The first-order valence-electron chi connectivity index (χ1n) is 10.9. The molecule has 1 aromatic rings. The van der Waals surface area contributed by atoms with Crippen molar-refractivity contribution in [3.63, 3.8) is 0 Å². The van der Waals surface area contributed by atoms with Gasteiger partial charge in [-0.3, -0.25) is 4.98 Å². The molecule has 0 aliphatic carbocycles. The fourth-order valence-electron chi connectivity index (χ4n) is 2.48. The number of ether oxygens (including phenoxy) is 1. The lowest BCUT2D eigenvalue weighted by molar-refractivity contribution is -0.156. The SMILES string of the molecule is CC(NC(=O)N(CCO[Si](C)(C)C(C)(C)C)CCc1ccncc1)C(=O)OC(C)(C)C. The summed E-state index contributed by atoms with van der Waals surface area (Å²) in [6, 6.07) is 2.83. The van der Waals surface area contributed by atoms with Crippen molar-refractivity contribution in [3.8, 4) is 0 Å². The van der Waals surface area contributed by atoms with Crippen molar-refractivity contribution in [2.75, 3.05) is 19.7 Å². The van der Waals surface area contributed by atoms with Crippen LogP contribution in [0.4, 0.5) is 4.79 Å². The molecule has 7 nitrogen and oxygen atoms in total. The molecule has 0 aliphatic heterocycles. The molecular weight excluding hydrogens is 410 g/mol. The van der Waals surface area contributed by atoms with Gasteiger partial charge in [-0.1, -0.05) is 20.8 Å². The molecule has 1 heterocycles. The molecule has 0 spiro atoms. The van der Waals surface area contributed by atoms with Crippen LogP contribution in [-0.2, 0) is 20.4 Å². The molecule has 1 atom stereocenters. The first-order chi connectivity index (χ1) is 14.1. The smallest absolute Gasteiger partial charge is 0.328 e. The average molecular weight is 452 g/mol. The number of urea groups is 1. The summed E-state index contributed by atoms with van der Waals surface area (Å²) < 4.78 is 11.6. The maximum atomic E-state index is 12.9. The zero-order chi connectivity index (χ0) is 23.9. The van der Waals surface area contributed by atoms with Crippen LogP contribution < -0.4 is 5.32 Å². The van der Waals surface area contributed by atoms with Crippen molar-refractivity contribution in [2.24, 2.45) is 0 Å². The predicted molar refractivity (Wildman–Crippen MR) is 127 cm³/mol. The van der Waals surface area contributed by atoms with E-state index in [0.717, 1.165) is 5.56 Å². The van der Waals surface area contributed by atoms with Crippen molar-refractivity contribution in [1.29, 1.82) is 0 Å². The Hall–Kier alpha value is -1.93. The van der Waals surface area contributed by atoms with E-state index in [9.17, 15) is 9.59 Å². The van der Waals surface area contributed by atoms with Gasteiger partial charge in [-0.05, 0) is 69.9 Å². The van der Waals surface area contributed by atoms with Crippen molar-refractivity contribution in [2.45, 2.75) is 84.7 Å². The van der Waals surface area contributed by atoms with Crippen molar-refractivity contribution in [3.05, 3.63) is 30.1 Å². The van der Waals surface area contributed by atoms with Gasteiger partial charge in [0, 0.05) is 25.5 Å². The molecule has 0 bridgehead atoms. The summed E-state index contributed by atoms with van der Waals surface area (Å²) in [5.41, 5.74) is 0.493. The van der Waals surface area contributed by atoms with E-state index >= 15 is 0 Å². The van der Waals surface area contributed by atoms with E-state index in [4.69, 9.17) is 9.16 Å². The lowest BCUT2D eigenvalue weighted by Gasteiger charge is -2.37. The number of carbonyl (C=O) groups excluding carboxylic acids is 2. The first-order valence-corrected chi connectivity index (χ1v) is 13.8. The standard InChI is InChI=1S/C23H41N3O4Si/c1-18(20(27)30-22(2,3)4)25-21(28)26(15-12-19-10-13-24-14-11-19)16-17-29-31(8,9)23(5,6)7/h10-11,13-14,18H,12,15-17H2,1-9H3,(H,25,28). The lowest BCUT2D eigenvalue weighted by Crippen LogP contribution is -2.50. The van der Waals surface area contributed by atoms with Gasteiger partial charge in [0.05, 0.1) is 6.61 Å². The van der Waals surface area contributed by atoms with Gasteiger partial charge in [-0.25, -0.2) is 9.59 Å². The second kappa shape index (κ2) is 11.1. The van der Waals surface area contributed by atoms with Crippen LogP contribution >= 0.6 is 0 Å². The summed E-state index contributed by atoms with van der Waals surface area (Å²) in [5.74, 6) is -0.451. The van der Waals surface area contributed by atoms with E-state index in [2.05, 4.69) is 44.2 Å². The fraction of sp³-hybridized carbons (Fsp3) is 0.696. The van der Waals surface area contributed by atoms with Crippen LogP contribution in [0.2, 0.25) is 18.1 Å². The van der Waals surface area contributed by atoms with E-state index in [0.29, 0.717) is 26.1 Å². The van der Waals surface area contributed by atoms with Gasteiger partial charge >= 0.3 is 12.0 Å². The Labute approximate surface area is 189 Å². The number of rotatable bonds is 9. The third-order valence-corrected chi connectivity index (χ3v) is 9.98. The van der Waals surface area contributed by atoms with Gasteiger partial charge in [0.1, 0.15) is 11.6 Å². The van der Waals surface area contributed by atoms with Gasteiger partial charge in [0.15, 0.2) is 8.32 Å².